The number of aliphatic hydroxyl groups excluding tert-OH is 2. The highest BCUT2D eigenvalue weighted by Crippen LogP contribution is 2.43. The van der Waals surface area contributed by atoms with E-state index in [-0.39, 0.29) is 36.6 Å². The van der Waals surface area contributed by atoms with Crippen molar-refractivity contribution in [3.63, 3.8) is 0 Å². The third-order valence-corrected chi connectivity index (χ3v) is 4.58. The molecule has 6 heteroatoms. The molecule has 2 N–H and O–H groups in total. The Morgan fingerprint density at radius 3 is 2.57 bits per heavy atom. The molecule has 2 rings (SSSR count). The van der Waals surface area contributed by atoms with E-state index in [4.69, 9.17) is 14.2 Å². The Balaban J connectivity index is 1.66. The minimum Gasteiger partial charge on any atom is -0.463 e. The van der Waals surface area contributed by atoms with Crippen molar-refractivity contribution in [2.45, 2.75) is 90.2 Å². The normalized spacial score (nSPS) is 38.4. The van der Waals surface area contributed by atoms with Crippen LogP contribution in [0.15, 0.2) is 0 Å². The Morgan fingerprint density at radius 1 is 1.22 bits per heavy atom. The van der Waals surface area contributed by atoms with Crippen LogP contribution in [-0.2, 0) is 19.0 Å². The monoisotopic (exact) mass is 330 g/mol. The first-order valence-corrected chi connectivity index (χ1v) is 8.65. The van der Waals surface area contributed by atoms with E-state index in [2.05, 4.69) is 0 Å². The zero-order valence-corrected chi connectivity index (χ0v) is 14.5. The molecule has 1 heterocycles. The van der Waals surface area contributed by atoms with Crippen molar-refractivity contribution in [3.8, 4) is 0 Å². The second-order valence-electron chi connectivity index (χ2n) is 7.19. The summed E-state index contributed by atoms with van der Waals surface area (Å²) in [5.74, 6) is 0.328. The average Bonchev–Trinajstić information content (AvgIpc) is 3.21. The van der Waals surface area contributed by atoms with E-state index in [1.165, 1.54) is 0 Å². The number of aliphatic hydroxyl groups is 2. The average molecular weight is 330 g/mol. The molecular weight excluding hydrogens is 300 g/mol. The van der Waals surface area contributed by atoms with Crippen LogP contribution in [0.3, 0.4) is 0 Å². The number of hydrogen-bond donors (Lipinski definition) is 2. The van der Waals surface area contributed by atoms with Crippen LogP contribution < -0.4 is 0 Å². The standard InChI is InChI=1S/C17H30O6/c1-9(2)21-16(20)13-7-12(13)6-5-10(3)22-17-15(19)8-14(18)11(4)23-17/h9-15,17-19H,5-8H2,1-4H3/t10-,11+,12-,13-,14-,15-,17-/m1/s1. The Bertz CT molecular complexity index is 399. The lowest BCUT2D eigenvalue weighted by Gasteiger charge is -2.36. The molecule has 1 aliphatic heterocycles. The van der Waals surface area contributed by atoms with Crippen molar-refractivity contribution in [2.24, 2.45) is 11.8 Å². The largest absolute Gasteiger partial charge is 0.463 e. The van der Waals surface area contributed by atoms with Crippen LogP contribution in [0.1, 0.15) is 53.4 Å². The fourth-order valence-corrected chi connectivity index (χ4v) is 2.99. The van der Waals surface area contributed by atoms with Crippen LogP contribution in [-0.4, -0.2) is 53.0 Å². The summed E-state index contributed by atoms with van der Waals surface area (Å²) in [6, 6.07) is 0. The fraction of sp³-hybridized carbons (Fsp3) is 0.941. The van der Waals surface area contributed by atoms with E-state index in [1.54, 1.807) is 6.92 Å². The molecule has 2 aliphatic rings. The van der Waals surface area contributed by atoms with Gasteiger partial charge >= 0.3 is 5.97 Å². The van der Waals surface area contributed by atoms with Crippen molar-refractivity contribution in [1.82, 2.24) is 0 Å². The Hall–Kier alpha value is -0.690. The zero-order valence-electron chi connectivity index (χ0n) is 14.5. The highest BCUT2D eigenvalue weighted by molar-refractivity contribution is 5.75. The third kappa shape index (κ3) is 5.41. The molecule has 134 valence electrons. The van der Waals surface area contributed by atoms with Crippen LogP contribution in [0.2, 0.25) is 0 Å². The maximum absolute atomic E-state index is 11.8. The molecule has 0 unspecified atom stereocenters. The molecule has 2 fully saturated rings. The smallest absolute Gasteiger partial charge is 0.309 e. The van der Waals surface area contributed by atoms with Gasteiger partial charge in [0.05, 0.1) is 30.3 Å². The lowest BCUT2D eigenvalue weighted by atomic mass is 10.0. The molecule has 23 heavy (non-hydrogen) atoms. The van der Waals surface area contributed by atoms with Gasteiger partial charge in [-0.2, -0.15) is 0 Å². The first kappa shape index (κ1) is 18.6. The molecule has 0 bridgehead atoms. The lowest BCUT2D eigenvalue weighted by Crippen LogP contribution is -2.48. The lowest BCUT2D eigenvalue weighted by molar-refractivity contribution is -0.273. The number of hydrogen-bond acceptors (Lipinski definition) is 6. The van der Waals surface area contributed by atoms with E-state index in [0.29, 0.717) is 5.92 Å². The topological polar surface area (TPSA) is 85.2 Å². The summed E-state index contributed by atoms with van der Waals surface area (Å²) in [6.07, 6.45) is 0.248. The molecule has 0 radical (unpaired) electrons. The SMILES string of the molecule is CC(C)OC(=O)[C@@H]1C[C@H]1CC[C@@H](C)O[C@@H]1O[C@@H](C)[C@H](O)C[C@H]1O. The van der Waals surface area contributed by atoms with Crippen LogP contribution in [0.4, 0.5) is 0 Å². The first-order chi connectivity index (χ1) is 10.8. The zero-order chi connectivity index (χ0) is 17.1. The van der Waals surface area contributed by atoms with Gasteiger partial charge in [-0.3, -0.25) is 4.79 Å². The molecule has 6 nitrogen and oxygen atoms in total. The molecule has 1 aliphatic carbocycles. The second-order valence-corrected chi connectivity index (χ2v) is 7.19. The number of ether oxygens (including phenoxy) is 3. The van der Waals surface area contributed by atoms with Gasteiger partial charge in [-0.25, -0.2) is 0 Å². The van der Waals surface area contributed by atoms with Gasteiger partial charge in [0, 0.05) is 6.42 Å². The van der Waals surface area contributed by atoms with Crippen LogP contribution in [0.5, 0.6) is 0 Å². The first-order valence-electron chi connectivity index (χ1n) is 8.65. The maximum atomic E-state index is 11.8. The Kier molecular flexibility index (Phi) is 6.42. The molecular formula is C17H30O6. The van der Waals surface area contributed by atoms with Crippen molar-refractivity contribution >= 4 is 5.97 Å². The summed E-state index contributed by atoms with van der Waals surface area (Å²) in [4.78, 5) is 11.8. The predicted molar refractivity (Wildman–Crippen MR) is 83.6 cm³/mol. The fourth-order valence-electron chi connectivity index (χ4n) is 2.99. The van der Waals surface area contributed by atoms with Gasteiger partial charge in [-0.05, 0) is 52.9 Å². The molecule has 1 saturated heterocycles. The summed E-state index contributed by atoms with van der Waals surface area (Å²) in [5, 5.41) is 19.6. The summed E-state index contributed by atoms with van der Waals surface area (Å²) in [7, 11) is 0. The van der Waals surface area contributed by atoms with Gasteiger partial charge in [-0.1, -0.05) is 0 Å². The van der Waals surface area contributed by atoms with Gasteiger partial charge in [0.25, 0.3) is 0 Å². The summed E-state index contributed by atoms with van der Waals surface area (Å²) < 4.78 is 16.5. The van der Waals surface area contributed by atoms with Crippen molar-refractivity contribution in [3.05, 3.63) is 0 Å². The Labute approximate surface area is 138 Å². The van der Waals surface area contributed by atoms with Crippen LogP contribution in [0, 0.1) is 11.8 Å². The van der Waals surface area contributed by atoms with Crippen LogP contribution >= 0.6 is 0 Å². The molecule has 0 aromatic heterocycles. The maximum Gasteiger partial charge on any atom is 0.309 e. The predicted octanol–water partition coefficient (Wildman–Crippen LogP) is 1.62. The van der Waals surface area contributed by atoms with Gasteiger partial charge in [0.2, 0.25) is 0 Å². The molecule has 0 aromatic carbocycles. The van der Waals surface area contributed by atoms with E-state index >= 15 is 0 Å². The highest BCUT2D eigenvalue weighted by Gasteiger charge is 2.44. The molecule has 0 aromatic rings. The molecule has 7 atom stereocenters. The van der Waals surface area contributed by atoms with Gasteiger partial charge in [0.1, 0.15) is 6.10 Å². The second kappa shape index (κ2) is 7.92. The number of rotatable bonds is 7. The minimum absolute atomic E-state index is 0.0382. The van der Waals surface area contributed by atoms with Gasteiger partial charge < -0.3 is 24.4 Å². The molecule has 0 amide bonds. The van der Waals surface area contributed by atoms with Gasteiger partial charge in [0.15, 0.2) is 6.29 Å². The highest BCUT2D eigenvalue weighted by atomic mass is 16.7. The van der Waals surface area contributed by atoms with Crippen molar-refractivity contribution in [1.29, 1.82) is 0 Å². The molecule has 1 saturated carbocycles. The number of carbonyl (C=O) groups excluding carboxylic acids is 1. The molecule has 0 spiro atoms. The summed E-state index contributed by atoms with van der Waals surface area (Å²) >= 11 is 0. The van der Waals surface area contributed by atoms with Crippen molar-refractivity contribution in [2.75, 3.05) is 0 Å². The van der Waals surface area contributed by atoms with E-state index in [0.717, 1.165) is 19.3 Å². The number of esters is 1. The quantitative estimate of drug-likeness (QED) is 0.690. The summed E-state index contributed by atoms with van der Waals surface area (Å²) in [6.45, 7) is 7.43. The third-order valence-electron chi connectivity index (χ3n) is 4.58. The van der Waals surface area contributed by atoms with E-state index < -0.39 is 18.5 Å². The summed E-state index contributed by atoms with van der Waals surface area (Å²) in [5.41, 5.74) is 0. The van der Waals surface area contributed by atoms with Crippen LogP contribution in [0.25, 0.3) is 0 Å². The number of carbonyl (C=O) groups is 1. The Morgan fingerprint density at radius 2 is 1.91 bits per heavy atom. The van der Waals surface area contributed by atoms with Crippen molar-refractivity contribution < 1.29 is 29.2 Å². The van der Waals surface area contributed by atoms with E-state index in [9.17, 15) is 15.0 Å². The van der Waals surface area contributed by atoms with Gasteiger partial charge in [-0.15, -0.1) is 0 Å². The van der Waals surface area contributed by atoms with E-state index in [1.807, 2.05) is 20.8 Å². The minimum atomic E-state index is -0.807.